The van der Waals surface area contributed by atoms with Crippen LogP contribution in [0.3, 0.4) is 0 Å². The Morgan fingerprint density at radius 1 is 1.27 bits per heavy atom. The highest BCUT2D eigenvalue weighted by Crippen LogP contribution is 2.35. The second kappa shape index (κ2) is 3.57. The van der Waals surface area contributed by atoms with Crippen molar-refractivity contribution >= 4 is 0 Å². The molecule has 1 fully saturated rings. The molecule has 1 rings (SSSR count). The van der Waals surface area contributed by atoms with E-state index in [1.165, 1.54) is 19.3 Å². The largest absolute Gasteiger partial charge is 0.327 e. The van der Waals surface area contributed by atoms with E-state index in [0.29, 0.717) is 12.0 Å². The Hall–Kier alpha value is -0.0400. The quantitative estimate of drug-likeness (QED) is 0.663. The van der Waals surface area contributed by atoms with Gasteiger partial charge in [-0.3, -0.25) is 0 Å². The van der Waals surface area contributed by atoms with Crippen LogP contribution in [-0.2, 0) is 0 Å². The van der Waals surface area contributed by atoms with E-state index in [4.69, 9.17) is 5.73 Å². The molecule has 2 atom stereocenters. The summed E-state index contributed by atoms with van der Waals surface area (Å²) in [7, 11) is 0. The molecule has 1 nitrogen and oxygen atoms in total. The van der Waals surface area contributed by atoms with Gasteiger partial charge in [-0.15, -0.1) is 0 Å². The summed E-state index contributed by atoms with van der Waals surface area (Å²) in [6, 6.07) is 0.447. The van der Waals surface area contributed by atoms with Gasteiger partial charge in [0.25, 0.3) is 0 Å². The van der Waals surface area contributed by atoms with E-state index in [2.05, 4.69) is 20.8 Å². The van der Waals surface area contributed by atoms with Crippen molar-refractivity contribution in [1.82, 2.24) is 0 Å². The molecule has 0 amide bonds. The maximum absolute atomic E-state index is 6.06. The molecular formula is C10H21N. The van der Waals surface area contributed by atoms with Crippen molar-refractivity contribution in [3.63, 3.8) is 0 Å². The Bertz CT molecular complexity index is 116. The summed E-state index contributed by atoms with van der Waals surface area (Å²) in [6.07, 6.45) is 4.12. The smallest absolute Gasteiger partial charge is 0.00696 e. The zero-order chi connectivity index (χ0) is 8.43. The lowest BCUT2D eigenvalue weighted by molar-refractivity contribution is 0.324. The van der Waals surface area contributed by atoms with E-state index < -0.39 is 0 Å². The van der Waals surface area contributed by atoms with Gasteiger partial charge in [0, 0.05) is 6.04 Å². The third kappa shape index (κ3) is 2.82. The van der Waals surface area contributed by atoms with Gasteiger partial charge in [0.15, 0.2) is 0 Å². The van der Waals surface area contributed by atoms with Crippen molar-refractivity contribution in [2.24, 2.45) is 23.5 Å². The van der Waals surface area contributed by atoms with Gasteiger partial charge in [0.1, 0.15) is 0 Å². The van der Waals surface area contributed by atoms with Gasteiger partial charge in [-0.05, 0) is 24.2 Å². The second-order valence-electron chi connectivity index (χ2n) is 4.45. The Balaban J connectivity index is 2.20. The molecule has 0 aliphatic heterocycles. The molecule has 0 spiro atoms. The van der Waals surface area contributed by atoms with E-state index in [9.17, 15) is 0 Å². The SMILES string of the molecule is CC(C)C(C)C(N)CC1CC1. The zero-order valence-corrected chi connectivity index (χ0v) is 8.01. The summed E-state index contributed by atoms with van der Waals surface area (Å²) in [6.45, 7) is 6.80. The molecule has 1 aliphatic carbocycles. The van der Waals surface area contributed by atoms with E-state index in [1.807, 2.05) is 0 Å². The topological polar surface area (TPSA) is 26.0 Å². The molecule has 1 aliphatic rings. The molecule has 0 aromatic rings. The Morgan fingerprint density at radius 2 is 1.82 bits per heavy atom. The Kier molecular flexibility index (Phi) is 2.94. The van der Waals surface area contributed by atoms with Crippen molar-refractivity contribution in [3.8, 4) is 0 Å². The predicted octanol–water partition coefficient (Wildman–Crippen LogP) is 2.41. The fourth-order valence-corrected chi connectivity index (χ4v) is 1.45. The average molecular weight is 155 g/mol. The minimum Gasteiger partial charge on any atom is -0.327 e. The van der Waals surface area contributed by atoms with E-state index in [-0.39, 0.29) is 0 Å². The van der Waals surface area contributed by atoms with E-state index in [1.54, 1.807) is 0 Å². The molecule has 1 heteroatoms. The van der Waals surface area contributed by atoms with Crippen molar-refractivity contribution in [2.75, 3.05) is 0 Å². The van der Waals surface area contributed by atoms with Crippen LogP contribution in [-0.4, -0.2) is 6.04 Å². The summed E-state index contributed by atoms with van der Waals surface area (Å²) < 4.78 is 0. The third-order valence-electron chi connectivity index (χ3n) is 3.03. The van der Waals surface area contributed by atoms with Gasteiger partial charge in [-0.2, -0.15) is 0 Å². The van der Waals surface area contributed by atoms with Crippen molar-refractivity contribution < 1.29 is 0 Å². The van der Waals surface area contributed by atoms with Crippen LogP contribution < -0.4 is 5.73 Å². The van der Waals surface area contributed by atoms with Crippen molar-refractivity contribution in [1.29, 1.82) is 0 Å². The van der Waals surface area contributed by atoms with Crippen LogP contribution in [0.15, 0.2) is 0 Å². The Morgan fingerprint density at radius 3 is 2.18 bits per heavy atom. The summed E-state index contributed by atoms with van der Waals surface area (Å²) >= 11 is 0. The first-order valence-corrected chi connectivity index (χ1v) is 4.87. The van der Waals surface area contributed by atoms with Gasteiger partial charge in [-0.25, -0.2) is 0 Å². The lowest BCUT2D eigenvalue weighted by atomic mass is 9.88. The maximum atomic E-state index is 6.06. The lowest BCUT2D eigenvalue weighted by Crippen LogP contribution is -2.31. The molecule has 66 valence electrons. The minimum atomic E-state index is 0.447. The maximum Gasteiger partial charge on any atom is 0.00696 e. The van der Waals surface area contributed by atoms with Crippen LogP contribution in [0.4, 0.5) is 0 Å². The average Bonchev–Trinajstić information content (AvgIpc) is 2.69. The molecule has 0 bridgehead atoms. The first-order valence-electron chi connectivity index (χ1n) is 4.87. The molecule has 0 saturated heterocycles. The first kappa shape index (κ1) is 9.05. The van der Waals surface area contributed by atoms with E-state index in [0.717, 1.165) is 11.8 Å². The summed E-state index contributed by atoms with van der Waals surface area (Å²) in [5.41, 5.74) is 6.06. The van der Waals surface area contributed by atoms with Crippen LogP contribution >= 0.6 is 0 Å². The highest BCUT2D eigenvalue weighted by atomic mass is 14.7. The first-order chi connectivity index (χ1) is 5.11. The highest BCUT2D eigenvalue weighted by Gasteiger charge is 2.26. The monoisotopic (exact) mass is 155 g/mol. The fourth-order valence-electron chi connectivity index (χ4n) is 1.45. The summed E-state index contributed by atoms with van der Waals surface area (Å²) in [4.78, 5) is 0. The van der Waals surface area contributed by atoms with Crippen LogP contribution in [0.5, 0.6) is 0 Å². The van der Waals surface area contributed by atoms with Gasteiger partial charge >= 0.3 is 0 Å². The van der Waals surface area contributed by atoms with Crippen molar-refractivity contribution in [3.05, 3.63) is 0 Å². The summed E-state index contributed by atoms with van der Waals surface area (Å²) in [5.74, 6) is 2.41. The second-order valence-corrected chi connectivity index (χ2v) is 4.45. The molecule has 0 aromatic carbocycles. The fraction of sp³-hybridized carbons (Fsp3) is 1.00. The minimum absolute atomic E-state index is 0.447. The normalized spacial score (nSPS) is 23.7. The molecule has 2 N–H and O–H groups in total. The number of hydrogen-bond acceptors (Lipinski definition) is 1. The van der Waals surface area contributed by atoms with Crippen molar-refractivity contribution in [2.45, 2.75) is 46.1 Å². The standard InChI is InChI=1S/C10H21N/c1-7(2)8(3)10(11)6-9-4-5-9/h7-10H,4-6,11H2,1-3H3. The number of rotatable bonds is 4. The highest BCUT2D eigenvalue weighted by molar-refractivity contribution is 4.81. The van der Waals surface area contributed by atoms with Gasteiger partial charge in [-0.1, -0.05) is 33.6 Å². The molecule has 1 saturated carbocycles. The molecule has 2 unspecified atom stereocenters. The van der Waals surface area contributed by atoms with Crippen LogP contribution in [0, 0.1) is 17.8 Å². The zero-order valence-electron chi connectivity index (χ0n) is 8.01. The van der Waals surface area contributed by atoms with Gasteiger partial charge < -0.3 is 5.73 Å². The molecule has 0 aromatic heterocycles. The number of hydrogen-bond donors (Lipinski definition) is 1. The van der Waals surface area contributed by atoms with Gasteiger partial charge in [0.2, 0.25) is 0 Å². The predicted molar refractivity (Wildman–Crippen MR) is 49.3 cm³/mol. The number of nitrogens with two attached hydrogens (primary N) is 1. The van der Waals surface area contributed by atoms with Gasteiger partial charge in [0.05, 0.1) is 0 Å². The lowest BCUT2D eigenvalue weighted by Gasteiger charge is -2.22. The van der Waals surface area contributed by atoms with E-state index >= 15 is 0 Å². The van der Waals surface area contributed by atoms with Crippen LogP contribution in [0.2, 0.25) is 0 Å². The third-order valence-corrected chi connectivity index (χ3v) is 3.03. The molecule has 0 heterocycles. The summed E-state index contributed by atoms with van der Waals surface area (Å²) in [5, 5.41) is 0. The molecule has 11 heavy (non-hydrogen) atoms. The van der Waals surface area contributed by atoms with Crippen LogP contribution in [0.1, 0.15) is 40.0 Å². The molecular weight excluding hydrogens is 134 g/mol. The Labute approximate surface area is 70.4 Å². The molecule has 0 radical (unpaired) electrons. The van der Waals surface area contributed by atoms with Crippen LogP contribution in [0.25, 0.3) is 0 Å².